The van der Waals surface area contributed by atoms with E-state index < -0.39 is 0 Å². The Morgan fingerprint density at radius 2 is 1.95 bits per heavy atom. The number of nitrogens with one attached hydrogen (secondary N) is 1. The second-order valence-electron chi connectivity index (χ2n) is 4.57. The molecule has 0 aliphatic heterocycles. The first kappa shape index (κ1) is 13.2. The highest BCUT2D eigenvalue weighted by molar-refractivity contribution is 6.05. The maximum Gasteiger partial charge on any atom is 0.257 e. The summed E-state index contributed by atoms with van der Waals surface area (Å²) >= 11 is 0. The predicted octanol–water partition coefficient (Wildman–Crippen LogP) is 2.37. The van der Waals surface area contributed by atoms with Gasteiger partial charge < -0.3 is 10.4 Å². The van der Waals surface area contributed by atoms with Gasteiger partial charge in [-0.05, 0) is 24.3 Å². The van der Waals surface area contributed by atoms with E-state index in [0.29, 0.717) is 16.9 Å². The molecule has 0 atom stereocenters. The van der Waals surface area contributed by atoms with Crippen molar-refractivity contribution in [2.75, 3.05) is 5.32 Å². The summed E-state index contributed by atoms with van der Waals surface area (Å²) < 4.78 is 0. The minimum absolute atomic E-state index is 0.122. The lowest BCUT2D eigenvalue weighted by molar-refractivity contribution is 0.102. The summed E-state index contributed by atoms with van der Waals surface area (Å²) in [6.45, 7) is -0.122. The molecule has 0 fully saturated rings. The first-order valence-electron chi connectivity index (χ1n) is 6.48. The van der Waals surface area contributed by atoms with Crippen LogP contribution in [0.25, 0.3) is 10.9 Å². The molecule has 0 radical (unpaired) electrons. The average molecular weight is 279 g/mol. The molecule has 0 saturated heterocycles. The van der Waals surface area contributed by atoms with Crippen molar-refractivity contribution >= 4 is 22.5 Å². The molecule has 3 rings (SSSR count). The first-order chi connectivity index (χ1) is 10.3. The fourth-order valence-electron chi connectivity index (χ4n) is 1.99. The van der Waals surface area contributed by atoms with Gasteiger partial charge >= 0.3 is 0 Å². The normalized spacial score (nSPS) is 10.5. The van der Waals surface area contributed by atoms with Crippen molar-refractivity contribution in [3.05, 3.63) is 66.1 Å². The largest absolute Gasteiger partial charge is 0.390 e. The molecule has 21 heavy (non-hydrogen) atoms. The monoisotopic (exact) mass is 279 g/mol. The van der Waals surface area contributed by atoms with Crippen LogP contribution in [-0.2, 0) is 6.61 Å². The third-order valence-electron chi connectivity index (χ3n) is 3.10. The number of benzene rings is 1. The number of carbonyl (C=O) groups excluding carboxylic acids is 1. The topological polar surface area (TPSA) is 75.1 Å². The summed E-state index contributed by atoms with van der Waals surface area (Å²) in [4.78, 5) is 20.5. The van der Waals surface area contributed by atoms with Gasteiger partial charge in [-0.2, -0.15) is 0 Å². The molecule has 1 amide bonds. The Morgan fingerprint density at radius 3 is 2.71 bits per heavy atom. The SMILES string of the molecule is O=C(Nc1ccc(CO)nc1)c1cnc2ccccc2c1. The molecule has 0 aliphatic carbocycles. The van der Waals surface area contributed by atoms with Crippen LogP contribution in [0.1, 0.15) is 16.1 Å². The zero-order valence-electron chi connectivity index (χ0n) is 11.2. The molecule has 2 aromatic heterocycles. The van der Waals surface area contributed by atoms with Gasteiger partial charge in [-0.15, -0.1) is 0 Å². The molecule has 0 bridgehead atoms. The number of rotatable bonds is 3. The maximum absolute atomic E-state index is 12.2. The van der Waals surface area contributed by atoms with Crippen LogP contribution in [0.4, 0.5) is 5.69 Å². The number of aliphatic hydroxyl groups excluding tert-OH is 1. The molecule has 0 spiro atoms. The fraction of sp³-hybridized carbons (Fsp3) is 0.0625. The van der Waals surface area contributed by atoms with Crippen LogP contribution in [0.15, 0.2) is 54.9 Å². The molecule has 0 saturated carbocycles. The van der Waals surface area contributed by atoms with Crippen molar-refractivity contribution in [2.24, 2.45) is 0 Å². The number of hydrogen-bond acceptors (Lipinski definition) is 4. The third-order valence-corrected chi connectivity index (χ3v) is 3.10. The van der Waals surface area contributed by atoms with Crippen LogP contribution in [-0.4, -0.2) is 21.0 Å². The van der Waals surface area contributed by atoms with Gasteiger partial charge in [-0.1, -0.05) is 18.2 Å². The van der Waals surface area contributed by atoms with E-state index in [1.54, 1.807) is 24.4 Å². The molecular formula is C16H13N3O2. The number of anilines is 1. The zero-order valence-corrected chi connectivity index (χ0v) is 11.2. The molecule has 1 aromatic carbocycles. The summed E-state index contributed by atoms with van der Waals surface area (Å²) in [5.74, 6) is -0.244. The van der Waals surface area contributed by atoms with E-state index in [4.69, 9.17) is 5.11 Å². The lowest BCUT2D eigenvalue weighted by atomic mass is 10.1. The Balaban J connectivity index is 1.82. The average Bonchev–Trinajstić information content (AvgIpc) is 2.55. The van der Waals surface area contributed by atoms with Gasteiger partial charge in [-0.25, -0.2) is 0 Å². The number of pyridine rings is 2. The molecule has 104 valence electrons. The number of aromatic nitrogens is 2. The van der Waals surface area contributed by atoms with Crippen LogP contribution in [0, 0.1) is 0 Å². The highest BCUT2D eigenvalue weighted by Crippen LogP contribution is 2.14. The molecule has 5 heteroatoms. The summed E-state index contributed by atoms with van der Waals surface area (Å²) in [5.41, 5.74) is 2.47. The standard InChI is InChI=1S/C16H13N3O2/c20-10-14-6-5-13(9-17-14)19-16(21)12-7-11-3-1-2-4-15(11)18-8-12/h1-9,20H,10H2,(H,19,21). The van der Waals surface area contributed by atoms with Gasteiger partial charge in [0.05, 0.1) is 35.3 Å². The van der Waals surface area contributed by atoms with Gasteiger partial charge in [0.25, 0.3) is 5.91 Å². The number of carbonyl (C=O) groups is 1. The Labute approximate surface area is 121 Å². The van der Waals surface area contributed by atoms with E-state index in [1.807, 2.05) is 24.3 Å². The summed E-state index contributed by atoms with van der Waals surface area (Å²) in [6, 6.07) is 12.8. The highest BCUT2D eigenvalue weighted by atomic mass is 16.3. The number of nitrogens with zero attached hydrogens (tertiary/aromatic N) is 2. The van der Waals surface area contributed by atoms with E-state index >= 15 is 0 Å². The van der Waals surface area contributed by atoms with E-state index in [2.05, 4.69) is 15.3 Å². The second-order valence-corrected chi connectivity index (χ2v) is 4.57. The minimum Gasteiger partial charge on any atom is -0.390 e. The Kier molecular flexibility index (Phi) is 3.57. The molecule has 0 unspecified atom stereocenters. The van der Waals surface area contributed by atoms with Gasteiger partial charge in [0.2, 0.25) is 0 Å². The molecule has 5 nitrogen and oxygen atoms in total. The van der Waals surface area contributed by atoms with Gasteiger partial charge in [0.15, 0.2) is 0 Å². The van der Waals surface area contributed by atoms with Crippen LogP contribution < -0.4 is 5.32 Å². The van der Waals surface area contributed by atoms with Crippen LogP contribution in [0.3, 0.4) is 0 Å². The van der Waals surface area contributed by atoms with E-state index in [0.717, 1.165) is 10.9 Å². The quantitative estimate of drug-likeness (QED) is 0.772. The summed E-state index contributed by atoms with van der Waals surface area (Å²) in [5, 5.41) is 12.6. The van der Waals surface area contributed by atoms with Gasteiger partial charge in [-0.3, -0.25) is 14.8 Å². The summed E-state index contributed by atoms with van der Waals surface area (Å²) in [7, 11) is 0. The van der Waals surface area contributed by atoms with E-state index in [-0.39, 0.29) is 12.5 Å². The molecule has 0 aliphatic rings. The van der Waals surface area contributed by atoms with Crippen molar-refractivity contribution in [1.29, 1.82) is 0 Å². The van der Waals surface area contributed by atoms with Crippen molar-refractivity contribution in [3.8, 4) is 0 Å². The first-order valence-corrected chi connectivity index (χ1v) is 6.48. The fourth-order valence-corrected chi connectivity index (χ4v) is 1.99. The predicted molar refractivity (Wildman–Crippen MR) is 79.9 cm³/mol. The maximum atomic E-state index is 12.2. The lowest BCUT2D eigenvalue weighted by Gasteiger charge is -2.06. The van der Waals surface area contributed by atoms with Crippen LogP contribution >= 0.6 is 0 Å². The molecular weight excluding hydrogens is 266 g/mol. The highest BCUT2D eigenvalue weighted by Gasteiger charge is 2.08. The van der Waals surface area contributed by atoms with Gasteiger partial charge in [0, 0.05) is 11.6 Å². The second kappa shape index (κ2) is 5.68. The van der Waals surface area contributed by atoms with Gasteiger partial charge in [0.1, 0.15) is 0 Å². The Bertz CT molecular complexity index is 785. The van der Waals surface area contributed by atoms with E-state index in [9.17, 15) is 4.79 Å². The number of hydrogen-bond donors (Lipinski definition) is 2. The summed E-state index contributed by atoms with van der Waals surface area (Å²) in [6.07, 6.45) is 3.06. The number of fused-ring (bicyclic) bond motifs is 1. The van der Waals surface area contributed by atoms with Crippen LogP contribution in [0.2, 0.25) is 0 Å². The Morgan fingerprint density at radius 1 is 1.10 bits per heavy atom. The molecule has 2 heterocycles. The van der Waals surface area contributed by atoms with Crippen molar-refractivity contribution < 1.29 is 9.90 Å². The molecule has 2 N–H and O–H groups in total. The number of aliphatic hydroxyl groups is 1. The van der Waals surface area contributed by atoms with Crippen molar-refractivity contribution in [3.63, 3.8) is 0 Å². The molecule has 3 aromatic rings. The number of amides is 1. The van der Waals surface area contributed by atoms with Crippen molar-refractivity contribution in [1.82, 2.24) is 9.97 Å². The zero-order chi connectivity index (χ0) is 14.7. The minimum atomic E-state index is -0.244. The third kappa shape index (κ3) is 2.88. The lowest BCUT2D eigenvalue weighted by Crippen LogP contribution is -2.12. The van der Waals surface area contributed by atoms with Crippen LogP contribution in [0.5, 0.6) is 0 Å². The Hall–Kier alpha value is -2.79. The van der Waals surface area contributed by atoms with Crippen molar-refractivity contribution in [2.45, 2.75) is 6.61 Å². The van der Waals surface area contributed by atoms with E-state index in [1.165, 1.54) is 6.20 Å². The number of para-hydroxylation sites is 1. The smallest absolute Gasteiger partial charge is 0.257 e.